The van der Waals surface area contributed by atoms with Crippen LogP contribution in [-0.2, 0) is 6.54 Å². The van der Waals surface area contributed by atoms with Gasteiger partial charge in [0, 0.05) is 13.1 Å². The molecule has 0 spiro atoms. The largest absolute Gasteiger partial charge is 0.394 e. The summed E-state index contributed by atoms with van der Waals surface area (Å²) in [5.41, 5.74) is 0.802. The maximum atomic E-state index is 8.96. The summed E-state index contributed by atoms with van der Waals surface area (Å²) >= 11 is 0. The van der Waals surface area contributed by atoms with Crippen LogP contribution in [0.3, 0.4) is 0 Å². The number of aliphatic hydroxyl groups excluding tert-OH is 1. The van der Waals surface area contributed by atoms with E-state index in [9.17, 15) is 0 Å². The summed E-state index contributed by atoms with van der Waals surface area (Å²) in [6.45, 7) is 2.65. The zero-order valence-electron chi connectivity index (χ0n) is 9.58. The second-order valence-electron chi connectivity index (χ2n) is 4.22. The molecule has 0 radical (unpaired) electrons. The Balaban J connectivity index is 2.06. The second-order valence-corrected chi connectivity index (χ2v) is 4.22. The van der Waals surface area contributed by atoms with E-state index in [0.29, 0.717) is 6.54 Å². The zero-order chi connectivity index (χ0) is 11.7. The number of nitrogens with zero attached hydrogens (tertiary/aromatic N) is 5. The third-order valence-corrected chi connectivity index (χ3v) is 3.13. The monoisotopic (exact) mass is 233 g/mol. The van der Waals surface area contributed by atoms with Crippen LogP contribution in [0.25, 0.3) is 11.0 Å². The van der Waals surface area contributed by atoms with Gasteiger partial charge in [-0.2, -0.15) is 5.10 Å². The molecule has 0 atom stereocenters. The molecule has 0 amide bonds. The Morgan fingerprint density at radius 3 is 2.82 bits per heavy atom. The van der Waals surface area contributed by atoms with Crippen LogP contribution >= 0.6 is 0 Å². The van der Waals surface area contributed by atoms with E-state index in [1.54, 1.807) is 17.2 Å². The van der Waals surface area contributed by atoms with Crippen LogP contribution in [0.15, 0.2) is 12.5 Å². The maximum Gasteiger partial charge on any atom is 0.163 e. The lowest BCUT2D eigenvalue weighted by Crippen LogP contribution is -2.19. The number of aromatic nitrogens is 4. The van der Waals surface area contributed by atoms with Gasteiger partial charge < -0.3 is 10.0 Å². The highest BCUT2D eigenvalue weighted by Crippen LogP contribution is 2.25. The third-order valence-electron chi connectivity index (χ3n) is 3.13. The molecule has 0 unspecified atom stereocenters. The van der Waals surface area contributed by atoms with Crippen LogP contribution in [0.5, 0.6) is 0 Å². The fourth-order valence-corrected chi connectivity index (χ4v) is 2.32. The lowest BCUT2D eigenvalue weighted by Gasteiger charge is -2.16. The lowest BCUT2D eigenvalue weighted by molar-refractivity contribution is 0.271. The van der Waals surface area contributed by atoms with Crippen molar-refractivity contribution in [3.8, 4) is 0 Å². The second kappa shape index (κ2) is 4.29. The SMILES string of the molecule is OCCn1ncc2c(N3CCCC3)ncnc21. The normalized spacial score (nSPS) is 15.9. The summed E-state index contributed by atoms with van der Waals surface area (Å²) < 4.78 is 1.72. The maximum absolute atomic E-state index is 8.96. The minimum atomic E-state index is 0.0693. The molecule has 6 nitrogen and oxygen atoms in total. The van der Waals surface area contributed by atoms with Crippen molar-refractivity contribution in [3.63, 3.8) is 0 Å². The van der Waals surface area contributed by atoms with Crippen molar-refractivity contribution in [3.05, 3.63) is 12.5 Å². The number of fused-ring (bicyclic) bond motifs is 1. The minimum absolute atomic E-state index is 0.0693. The molecule has 1 saturated heterocycles. The molecule has 0 aliphatic carbocycles. The first-order chi connectivity index (χ1) is 8.40. The smallest absolute Gasteiger partial charge is 0.163 e. The van der Waals surface area contributed by atoms with E-state index in [-0.39, 0.29) is 6.61 Å². The van der Waals surface area contributed by atoms with Crippen molar-refractivity contribution < 1.29 is 5.11 Å². The standard InChI is InChI=1S/C11H15N5O/c17-6-5-16-11-9(7-14-16)10(12-8-13-11)15-3-1-2-4-15/h7-8,17H,1-6H2. The Labute approximate surface area is 98.9 Å². The Morgan fingerprint density at radius 2 is 2.06 bits per heavy atom. The van der Waals surface area contributed by atoms with Gasteiger partial charge >= 0.3 is 0 Å². The highest BCUT2D eigenvalue weighted by atomic mass is 16.3. The first-order valence-corrected chi connectivity index (χ1v) is 5.92. The van der Waals surface area contributed by atoms with Gasteiger partial charge in [-0.05, 0) is 12.8 Å². The van der Waals surface area contributed by atoms with Crippen molar-refractivity contribution in [1.82, 2.24) is 19.7 Å². The molecule has 2 aromatic heterocycles. The van der Waals surface area contributed by atoms with Crippen LogP contribution < -0.4 is 4.90 Å². The molecule has 2 aromatic rings. The van der Waals surface area contributed by atoms with Gasteiger partial charge in [-0.15, -0.1) is 0 Å². The first-order valence-electron chi connectivity index (χ1n) is 5.92. The van der Waals surface area contributed by atoms with E-state index in [1.165, 1.54) is 12.8 Å². The minimum Gasteiger partial charge on any atom is -0.394 e. The molecule has 0 bridgehead atoms. The molecule has 1 N–H and O–H groups in total. The molecular formula is C11H15N5O. The quantitative estimate of drug-likeness (QED) is 0.832. The van der Waals surface area contributed by atoms with Gasteiger partial charge in [-0.1, -0.05) is 0 Å². The van der Waals surface area contributed by atoms with Crippen molar-refractivity contribution in [2.24, 2.45) is 0 Å². The summed E-state index contributed by atoms with van der Waals surface area (Å²) in [7, 11) is 0. The van der Waals surface area contributed by atoms with E-state index < -0.39 is 0 Å². The van der Waals surface area contributed by atoms with Gasteiger partial charge in [-0.3, -0.25) is 0 Å². The summed E-state index contributed by atoms with van der Waals surface area (Å²) in [6.07, 6.45) is 5.80. The van der Waals surface area contributed by atoms with Gasteiger partial charge in [0.05, 0.1) is 24.7 Å². The van der Waals surface area contributed by atoms with Gasteiger partial charge in [-0.25, -0.2) is 14.6 Å². The van der Waals surface area contributed by atoms with Crippen LogP contribution in [-0.4, -0.2) is 44.6 Å². The number of aliphatic hydroxyl groups is 1. The predicted molar refractivity (Wildman–Crippen MR) is 63.9 cm³/mol. The molecule has 90 valence electrons. The average Bonchev–Trinajstić information content (AvgIpc) is 2.98. The van der Waals surface area contributed by atoms with Crippen molar-refractivity contribution in [1.29, 1.82) is 0 Å². The topological polar surface area (TPSA) is 67.1 Å². The van der Waals surface area contributed by atoms with Gasteiger partial charge in [0.15, 0.2) is 5.65 Å². The van der Waals surface area contributed by atoms with Crippen LogP contribution in [0, 0.1) is 0 Å². The summed E-state index contributed by atoms with van der Waals surface area (Å²) in [5.74, 6) is 0.969. The molecular weight excluding hydrogens is 218 g/mol. The molecule has 6 heteroatoms. The molecule has 3 rings (SSSR count). The van der Waals surface area contributed by atoms with Crippen molar-refractivity contribution in [2.75, 3.05) is 24.6 Å². The summed E-state index contributed by atoms with van der Waals surface area (Å²) in [5, 5.41) is 14.2. The highest BCUT2D eigenvalue weighted by molar-refractivity contribution is 5.86. The van der Waals surface area contributed by atoms with Gasteiger partial charge in [0.25, 0.3) is 0 Å². The Kier molecular flexibility index (Phi) is 2.64. The summed E-state index contributed by atoms with van der Waals surface area (Å²) in [4.78, 5) is 10.9. The summed E-state index contributed by atoms with van der Waals surface area (Å²) in [6, 6.07) is 0. The van der Waals surface area contributed by atoms with E-state index in [0.717, 1.165) is 29.9 Å². The van der Waals surface area contributed by atoms with Crippen molar-refractivity contribution in [2.45, 2.75) is 19.4 Å². The Bertz CT molecular complexity index is 518. The first kappa shape index (κ1) is 10.5. The zero-order valence-corrected chi connectivity index (χ0v) is 9.58. The predicted octanol–water partition coefficient (Wildman–Crippen LogP) is 0.419. The fraction of sp³-hybridized carbons (Fsp3) is 0.545. The van der Waals surface area contributed by atoms with Gasteiger partial charge in [0.1, 0.15) is 12.1 Å². The molecule has 17 heavy (non-hydrogen) atoms. The Hall–Kier alpha value is -1.69. The van der Waals surface area contributed by atoms with Crippen LogP contribution in [0.4, 0.5) is 5.82 Å². The van der Waals surface area contributed by atoms with Crippen LogP contribution in [0.1, 0.15) is 12.8 Å². The lowest BCUT2D eigenvalue weighted by atomic mass is 10.3. The van der Waals surface area contributed by atoms with E-state index >= 15 is 0 Å². The molecule has 0 aromatic carbocycles. The van der Waals surface area contributed by atoms with E-state index in [2.05, 4.69) is 20.0 Å². The van der Waals surface area contributed by atoms with E-state index in [1.807, 2.05) is 0 Å². The van der Waals surface area contributed by atoms with Crippen molar-refractivity contribution >= 4 is 16.9 Å². The average molecular weight is 233 g/mol. The number of anilines is 1. The molecule has 1 aliphatic rings. The fourth-order valence-electron chi connectivity index (χ4n) is 2.32. The molecule has 0 saturated carbocycles. The third kappa shape index (κ3) is 1.74. The number of rotatable bonds is 3. The van der Waals surface area contributed by atoms with Gasteiger partial charge in [0.2, 0.25) is 0 Å². The number of hydrogen-bond acceptors (Lipinski definition) is 5. The number of hydrogen-bond donors (Lipinski definition) is 1. The molecule has 3 heterocycles. The highest BCUT2D eigenvalue weighted by Gasteiger charge is 2.18. The molecule has 1 fully saturated rings. The molecule has 1 aliphatic heterocycles. The van der Waals surface area contributed by atoms with E-state index in [4.69, 9.17) is 5.11 Å². The van der Waals surface area contributed by atoms with Crippen LogP contribution in [0.2, 0.25) is 0 Å². The Morgan fingerprint density at radius 1 is 1.24 bits per heavy atom.